The number of ether oxygens (including phenoxy) is 2. The molecular formula is C27H31F3N4O8. The minimum absolute atomic E-state index is 0.0398. The lowest BCUT2D eigenvalue weighted by atomic mass is 9.77. The third-order valence-electron chi connectivity index (χ3n) is 7.95. The van der Waals surface area contributed by atoms with Crippen molar-refractivity contribution in [3.8, 4) is 11.3 Å². The van der Waals surface area contributed by atoms with Gasteiger partial charge in [-0.3, -0.25) is 4.79 Å². The molecule has 0 amide bonds. The maximum Gasteiger partial charge on any atom is 0.308 e. The summed E-state index contributed by atoms with van der Waals surface area (Å²) in [5.41, 5.74) is -1.20. The van der Waals surface area contributed by atoms with Crippen LogP contribution >= 0.6 is 0 Å². The van der Waals surface area contributed by atoms with Crippen LogP contribution in [-0.4, -0.2) is 84.2 Å². The van der Waals surface area contributed by atoms with E-state index in [1.54, 1.807) is 6.92 Å². The lowest BCUT2D eigenvalue weighted by molar-refractivity contribution is -0.205. The summed E-state index contributed by atoms with van der Waals surface area (Å²) in [4.78, 5) is 12.1. The van der Waals surface area contributed by atoms with Crippen LogP contribution in [0.3, 0.4) is 0 Å². The highest BCUT2D eigenvalue weighted by atomic mass is 19.2. The van der Waals surface area contributed by atoms with Gasteiger partial charge in [0.1, 0.15) is 35.6 Å². The van der Waals surface area contributed by atoms with Gasteiger partial charge in [0, 0.05) is 18.1 Å². The highest BCUT2D eigenvalue weighted by molar-refractivity contribution is 5.72. The van der Waals surface area contributed by atoms with Gasteiger partial charge in [0.15, 0.2) is 23.2 Å². The molecule has 1 aromatic carbocycles. The van der Waals surface area contributed by atoms with Crippen LogP contribution in [0.15, 0.2) is 28.9 Å². The van der Waals surface area contributed by atoms with E-state index in [0.717, 1.165) is 16.8 Å². The van der Waals surface area contributed by atoms with Gasteiger partial charge in [-0.1, -0.05) is 10.4 Å². The van der Waals surface area contributed by atoms with E-state index >= 15 is 0 Å². The van der Waals surface area contributed by atoms with Gasteiger partial charge in [-0.05, 0) is 44.7 Å². The van der Waals surface area contributed by atoms with Gasteiger partial charge < -0.3 is 34.4 Å². The summed E-state index contributed by atoms with van der Waals surface area (Å²) in [7, 11) is 0. The second kappa shape index (κ2) is 12.1. The molecule has 0 bridgehead atoms. The predicted octanol–water partition coefficient (Wildman–Crippen LogP) is 1.56. The molecule has 12 nitrogen and oxygen atoms in total. The predicted molar refractivity (Wildman–Crippen MR) is 135 cm³/mol. The number of aromatic nitrogens is 4. The van der Waals surface area contributed by atoms with E-state index in [1.807, 2.05) is 0 Å². The Morgan fingerprint density at radius 3 is 2.43 bits per heavy atom. The van der Waals surface area contributed by atoms with E-state index in [2.05, 4.69) is 15.5 Å². The van der Waals surface area contributed by atoms with Crippen molar-refractivity contribution in [1.82, 2.24) is 20.2 Å². The normalized spacial score (nSPS) is 29.9. The zero-order chi connectivity index (χ0) is 30.2. The average molecular weight is 597 g/mol. The number of carbonyl (C=O) groups excluding carboxylic acids is 1. The summed E-state index contributed by atoms with van der Waals surface area (Å²) in [6.45, 7) is 1.40. The molecule has 0 radical (unpaired) electrons. The fraction of sp³-hybridized carbons (Fsp3) is 0.556. The van der Waals surface area contributed by atoms with E-state index in [0.29, 0.717) is 18.5 Å². The first-order valence-corrected chi connectivity index (χ1v) is 13.6. The summed E-state index contributed by atoms with van der Waals surface area (Å²) in [6.07, 6.45) is -2.56. The molecule has 15 heteroatoms. The van der Waals surface area contributed by atoms with E-state index in [-0.39, 0.29) is 54.8 Å². The first-order chi connectivity index (χ1) is 20.0. The van der Waals surface area contributed by atoms with E-state index in [4.69, 9.17) is 14.0 Å². The van der Waals surface area contributed by atoms with Crippen molar-refractivity contribution in [3.05, 3.63) is 53.3 Å². The Kier molecular flexibility index (Phi) is 8.66. The molecule has 5 rings (SSSR count). The maximum absolute atomic E-state index is 13.7. The number of aliphatic hydroxyl groups is 4. The minimum Gasteiger partial charge on any atom is -0.466 e. The number of carbonyl (C=O) groups is 1. The molecule has 5 atom stereocenters. The molecule has 1 aliphatic heterocycles. The van der Waals surface area contributed by atoms with Crippen molar-refractivity contribution >= 4 is 5.97 Å². The van der Waals surface area contributed by atoms with Crippen LogP contribution in [0.5, 0.6) is 0 Å². The fourth-order valence-corrected chi connectivity index (χ4v) is 5.59. The summed E-state index contributed by atoms with van der Waals surface area (Å²) in [5, 5.41) is 54.8. The highest BCUT2D eigenvalue weighted by Gasteiger charge is 2.47. The van der Waals surface area contributed by atoms with Crippen LogP contribution in [-0.2, 0) is 26.3 Å². The third kappa shape index (κ3) is 5.79. The van der Waals surface area contributed by atoms with Crippen molar-refractivity contribution < 1.29 is 52.4 Å². The molecule has 2 aliphatic rings. The number of rotatable bonds is 8. The molecule has 2 aromatic heterocycles. The Balaban J connectivity index is 1.31. The standard InChI is InChI=1S/C27H31F3N4O8/c1-2-40-26(38)13-3-5-27(39,6-4-13)21-10-15(32-42-21)9-19-24(36)23(25(37)20(12-35)41-19)34-11-18(31-33-34)14-7-16(28)22(30)17(29)8-14/h7-8,10-11,13,19-20,23-25,35-37,39H,2-6,9,12H2,1H3/t13?,19-,20-,23-,24+,25+,27?/m1/s1. The summed E-state index contributed by atoms with van der Waals surface area (Å²) in [6, 6.07) is 1.80. The first kappa shape index (κ1) is 30.1. The van der Waals surface area contributed by atoms with Crippen molar-refractivity contribution in [2.45, 2.75) is 75.1 Å². The van der Waals surface area contributed by atoms with E-state index < -0.39 is 60.1 Å². The number of halogens is 3. The second-order valence-electron chi connectivity index (χ2n) is 10.6. The molecule has 4 N–H and O–H groups in total. The molecule has 2 fully saturated rings. The largest absolute Gasteiger partial charge is 0.466 e. The molecule has 1 saturated carbocycles. The quantitative estimate of drug-likeness (QED) is 0.220. The molecule has 3 heterocycles. The Hall–Kier alpha value is -3.37. The van der Waals surface area contributed by atoms with Crippen LogP contribution in [0.25, 0.3) is 11.3 Å². The molecule has 3 aromatic rings. The summed E-state index contributed by atoms with van der Waals surface area (Å²) < 4.78 is 58.2. The molecule has 0 unspecified atom stereocenters. The van der Waals surface area contributed by atoms with Gasteiger partial charge in [-0.2, -0.15) is 0 Å². The Morgan fingerprint density at radius 2 is 1.79 bits per heavy atom. The van der Waals surface area contributed by atoms with Crippen molar-refractivity contribution in [2.24, 2.45) is 5.92 Å². The molecule has 1 saturated heterocycles. The van der Waals surface area contributed by atoms with Crippen LogP contribution in [0.4, 0.5) is 13.2 Å². The molecule has 1 aliphatic carbocycles. The number of hydrogen-bond donors (Lipinski definition) is 4. The topological polar surface area (TPSA) is 173 Å². The van der Waals surface area contributed by atoms with Crippen LogP contribution in [0.1, 0.15) is 50.1 Å². The summed E-state index contributed by atoms with van der Waals surface area (Å²) in [5.74, 6) is -4.89. The van der Waals surface area contributed by atoms with Gasteiger partial charge >= 0.3 is 5.97 Å². The van der Waals surface area contributed by atoms with Gasteiger partial charge in [0.2, 0.25) is 0 Å². The number of hydrogen-bond acceptors (Lipinski definition) is 11. The van der Waals surface area contributed by atoms with Gasteiger partial charge in [0.05, 0.1) is 37.1 Å². The zero-order valence-corrected chi connectivity index (χ0v) is 22.6. The molecular weight excluding hydrogens is 565 g/mol. The molecule has 228 valence electrons. The Morgan fingerprint density at radius 1 is 1.12 bits per heavy atom. The van der Waals surface area contributed by atoms with Crippen LogP contribution in [0.2, 0.25) is 0 Å². The number of nitrogens with zero attached hydrogens (tertiary/aromatic N) is 4. The first-order valence-electron chi connectivity index (χ1n) is 13.6. The van der Waals surface area contributed by atoms with Crippen LogP contribution < -0.4 is 0 Å². The van der Waals surface area contributed by atoms with Crippen molar-refractivity contribution in [2.75, 3.05) is 13.2 Å². The second-order valence-corrected chi connectivity index (χ2v) is 10.6. The SMILES string of the molecule is CCOC(=O)C1CCC(O)(c2cc(C[C@H]3O[C@H](CO)[C@H](O)[C@H](n4cc(-c5cc(F)c(F)c(F)c5)nn4)[C@H]3O)no2)CC1. The fourth-order valence-electron chi connectivity index (χ4n) is 5.59. The maximum atomic E-state index is 13.7. The third-order valence-corrected chi connectivity index (χ3v) is 7.95. The number of benzene rings is 1. The molecule has 0 spiro atoms. The van der Waals surface area contributed by atoms with Gasteiger partial charge in [0.25, 0.3) is 0 Å². The monoisotopic (exact) mass is 596 g/mol. The van der Waals surface area contributed by atoms with Gasteiger partial charge in [-0.25, -0.2) is 17.9 Å². The van der Waals surface area contributed by atoms with Crippen LogP contribution in [0, 0.1) is 23.4 Å². The number of aliphatic hydroxyl groups excluding tert-OH is 3. The summed E-state index contributed by atoms with van der Waals surface area (Å²) >= 11 is 0. The lowest BCUT2D eigenvalue weighted by Crippen LogP contribution is -2.56. The van der Waals surface area contributed by atoms with Crippen molar-refractivity contribution in [3.63, 3.8) is 0 Å². The Labute approximate surface area is 237 Å². The minimum atomic E-state index is -1.64. The molecule has 42 heavy (non-hydrogen) atoms. The van der Waals surface area contributed by atoms with Crippen molar-refractivity contribution in [1.29, 1.82) is 0 Å². The Bertz CT molecular complexity index is 1390. The van der Waals surface area contributed by atoms with E-state index in [9.17, 15) is 38.4 Å². The highest BCUT2D eigenvalue weighted by Crippen LogP contribution is 2.40. The smallest absolute Gasteiger partial charge is 0.308 e. The van der Waals surface area contributed by atoms with E-state index in [1.165, 1.54) is 12.3 Å². The van der Waals surface area contributed by atoms with Gasteiger partial charge in [-0.15, -0.1) is 5.10 Å². The zero-order valence-electron chi connectivity index (χ0n) is 22.6. The number of esters is 1. The lowest BCUT2D eigenvalue weighted by Gasteiger charge is -2.42. The average Bonchev–Trinajstić information content (AvgIpc) is 3.64.